The zero-order valence-electron chi connectivity index (χ0n) is 19.8. The molecule has 0 saturated heterocycles. The van der Waals surface area contributed by atoms with Gasteiger partial charge in [0.05, 0.1) is 0 Å². The van der Waals surface area contributed by atoms with Gasteiger partial charge in [0.2, 0.25) is 0 Å². The number of pyridine rings is 1. The molecule has 0 unspecified atom stereocenters. The Morgan fingerprint density at radius 1 is 0.833 bits per heavy atom. The smallest absolute Gasteiger partial charge is 0.339 e. The summed E-state index contributed by atoms with van der Waals surface area (Å²) in [4.78, 5) is 5.00. The molecule has 1 saturated carbocycles. The monoisotopic (exact) mass is 497 g/mol. The number of anilines is 1. The number of aromatic nitrogens is 2. The molecule has 0 radical (unpaired) electrons. The van der Waals surface area contributed by atoms with Crippen LogP contribution in [-0.4, -0.2) is 23.8 Å². The van der Waals surface area contributed by atoms with E-state index >= 15 is 0 Å². The molecule has 36 heavy (non-hydrogen) atoms. The molecule has 6 nitrogen and oxygen atoms in total. The van der Waals surface area contributed by atoms with Crippen LogP contribution in [0.15, 0.2) is 96.0 Å². The Kier molecular flexibility index (Phi) is 5.85. The zero-order valence-corrected chi connectivity index (χ0v) is 20.6. The fourth-order valence-corrected chi connectivity index (χ4v) is 5.93. The number of rotatable bonds is 6. The topological polar surface area (TPSA) is 72.7 Å². The van der Waals surface area contributed by atoms with E-state index in [1.54, 1.807) is 36.4 Å². The molecule has 1 aliphatic carbocycles. The highest BCUT2D eigenvalue weighted by Gasteiger charge is 2.21. The fraction of sp³-hybridized carbons (Fsp3) is 0.207. The Hall–Kier alpha value is -3.84. The molecule has 1 fully saturated rings. The van der Waals surface area contributed by atoms with Gasteiger partial charge in [-0.05, 0) is 60.0 Å². The molecule has 0 aliphatic heterocycles. The lowest BCUT2D eigenvalue weighted by molar-refractivity contribution is 0.462. The molecule has 7 heteroatoms. The van der Waals surface area contributed by atoms with Crippen molar-refractivity contribution in [3.05, 3.63) is 91.1 Å². The third-order valence-electron chi connectivity index (χ3n) is 6.80. The van der Waals surface area contributed by atoms with Crippen molar-refractivity contribution in [2.24, 2.45) is 0 Å². The molecule has 1 aliphatic rings. The number of hydrogen-bond acceptors (Lipinski definition) is 5. The van der Waals surface area contributed by atoms with E-state index in [1.165, 1.54) is 19.3 Å². The van der Waals surface area contributed by atoms with Gasteiger partial charge < -0.3 is 9.50 Å². The van der Waals surface area contributed by atoms with Gasteiger partial charge in [0.25, 0.3) is 0 Å². The minimum absolute atomic E-state index is 0.124. The van der Waals surface area contributed by atoms with Crippen LogP contribution in [0.4, 0.5) is 5.82 Å². The SMILES string of the molecule is O=S(=O)(Oc1cccc(-c2nc3ccccn3c2NC2CCCCC2)c1)c1ccc2ccccc2c1. The Bertz CT molecular complexity index is 1650. The maximum atomic E-state index is 13.1. The number of benzene rings is 3. The average Bonchev–Trinajstić information content (AvgIpc) is 3.27. The largest absolute Gasteiger partial charge is 0.379 e. The molecule has 3 aromatic carbocycles. The van der Waals surface area contributed by atoms with Crippen LogP contribution in [0.5, 0.6) is 5.75 Å². The van der Waals surface area contributed by atoms with Gasteiger partial charge in [0.1, 0.15) is 27.8 Å². The van der Waals surface area contributed by atoms with Crippen molar-refractivity contribution in [2.75, 3.05) is 5.32 Å². The second-order valence-electron chi connectivity index (χ2n) is 9.29. The highest BCUT2D eigenvalue weighted by molar-refractivity contribution is 7.87. The van der Waals surface area contributed by atoms with Crippen LogP contribution in [0, 0.1) is 0 Å². The molecule has 0 atom stereocenters. The summed E-state index contributed by atoms with van der Waals surface area (Å²) in [6.45, 7) is 0. The predicted molar refractivity (Wildman–Crippen MR) is 143 cm³/mol. The number of fused-ring (bicyclic) bond motifs is 2. The summed E-state index contributed by atoms with van der Waals surface area (Å²) < 4.78 is 33.9. The van der Waals surface area contributed by atoms with Crippen LogP contribution in [0.1, 0.15) is 32.1 Å². The van der Waals surface area contributed by atoms with Gasteiger partial charge in [0.15, 0.2) is 0 Å². The predicted octanol–water partition coefficient (Wildman–Crippen LogP) is 6.67. The van der Waals surface area contributed by atoms with Crippen LogP contribution in [0.2, 0.25) is 0 Å². The zero-order chi connectivity index (χ0) is 24.5. The number of nitrogens with one attached hydrogen (secondary N) is 1. The van der Waals surface area contributed by atoms with Crippen molar-refractivity contribution in [3.8, 4) is 17.0 Å². The van der Waals surface area contributed by atoms with E-state index in [2.05, 4.69) is 9.72 Å². The average molecular weight is 498 g/mol. The molecule has 0 spiro atoms. The van der Waals surface area contributed by atoms with Gasteiger partial charge in [-0.2, -0.15) is 8.42 Å². The van der Waals surface area contributed by atoms with Crippen LogP contribution in [-0.2, 0) is 10.1 Å². The molecule has 6 rings (SSSR count). The minimum atomic E-state index is -4.00. The Morgan fingerprint density at radius 3 is 2.50 bits per heavy atom. The lowest BCUT2D eigenvalue weighted by Gasteiger charge is -2.24. The molecular weight excluding hydrogens is 470 g/mol. The summed E-state index contributed by atoms with van der Waals surface area (Å²) in [5.74, 6) is 1.17. The quantitative estimate of drug-likeness (QED) is 0.265. The molecular formula is C29H27N3O3S. The molecule has 0 bridgehead atoms. The lowest BCUT2D eigenvalue weighted by Crippen LogP contribution is -2.23. The number of nitrogens with zero attached hydrogens (tertiary/aromatic N) is 2. The first-order chi connectivity index (χ1) is 17.6. The second kappa shape index (κ2) is 9.32. The Balaban J connectivity index is 1.34. The first-order valence-corrected chi connectivity index (χ1v) is 13.7. The van der Waals surface area contributed by atoms with E-state index in [0.29, 0.717) is 6.04 Å². The molecule has 2 heterocycles. The second-order valence-corrected chi connectivity index (χ2v) is 10.8. The van der Waals surface area contributed by atoms with Crippen LogP contribution >= 0.6 is 0 Å². The molecule has 0 amide bonds. The third kappa shape index (κ3) is 4.42. The van der Waals surface area contributed by atoms with Crippen LogP contribution in [0.3, 0.4) is 0 Å². The fourth-order valence-electron chi connectivity index (χ4n) is 4.97. The maximum Gasteiger partial charge on any atom is 0.339 e. The number of imidazole rings is 1. The lowest BCUT2D eigenvalue weighted by atomic mass is 9.95. The van der Waals surface area contributed by atoms with Gasteiger partial charge in [-0.25, -0.2) is 4.98 Å². The maximum absolute atomic E-state index is 13.1. The van der Waals surface area contributed by atoms with Gasteiger partial charge in [-0.3, -0.25) is 4.40 Å². The highest BCUT2D eigenvalue weighted by atomic mass is 32.2. The standard InChI is InChI=1S/C29H27N3O3S/c33-36(34,26-17-16-21-9-4-5-10-22(21)20-26)35-25-14-8-11-23(19-25)28-29(30-24-12-2-1-3-13-24)32-18-7-6-15-27(32)31-28/h4-11,14-20,24,30H,1-3,12-13H2. The summed E-state index contributed by atoms with van der Waals surface area (Å²) in [6.07, 6.45) is 7.99. The van der Waals surface area contributed by atoms with Crippen molar-refractivity contribution in [2.45, 2.75) is 43.0 Å². The van der Waals surface area contributed by atoms with E-state index in [1.807, 2.05) is 54.7 Å². The van der Waals surface area contributed by atoms with Crippen molar-refractivity contribution < 1.29 is 12.6 Å². The summed E-state index contributed by atoms with van der Waals surface area (Å²) in [6, 6.07) is 26.1. The van der Waals surface area contributed by atoms with Gasteiger partial charge in [-0.15, -0.1) is 0 Å². The summed E-state index contributed by atoms with van der Waals surface area (Å²) >= 11 is 0. The van der Waals surface area contributed by atoms with E-state index < -0.39 is 10.1 Å². The normalized spacial score (nSPS) is 14.8. The van der Waals surface area contributed by atoms with Crippen molar-refractivity contribution in [1.82, 2.24) is 9.38 Å². The van der Waals surface area contributed by atoms with E-state index in [4.69, 9.17) is 9.17 Å². The first kappa shape index (κ1) is 22.6. The van der Waals surface area contributed by atoms with Gasteiger partial charge in [0, 0.05) is 17.8 Å². The third-order valence-corrected chi connectivity index (χ3v) is 8.04. The molecule has 5 aromatic rings. The van der Waals surface area contributed by atoms with Crippen molar-refractivity contribution in [3.63, 3.8) is 0 Å². The summed E-state index contributed by atoms with van der Waals surface area (Å²) in [7, 11) is -4.00. The Labute approximate surface area is 210 Å². The molecule has 182 valence electrons. The summed E-state index contributed by atoms with van der Waals surface area (Å²) in [5.41, 5.74) is 2.41. The first-order valence-electron chi connectivity index (χ1n) is 12.3. The summed E-state index contributed by atoms with van der Waals surface area (Å²) in [5, 5.41) is 5.54. The van der Waals surface area contributed by atoms with E-state index in [0.717, 1.165) is 46.3 Å². The van der Waals surface area contributed by atoms with Crippen molar-refractivity contribution >= 4 is 32.4 Å². The van der Waals surface area contributed by atoms with Crippen LogP contribution in [0.25, 0.3) is 27.7 Å². The Morgan fingerprint density at radius 2 is 1.64 bits per heavy atom. The molecule has 1 N–H and O–H groups in total. The minimum Gasteiger partial charge on any atom is -0.379 e. The van der Waals surface area contributed by atoms with Gasteiger partial charge >= 0.3 is 10.1 Å². The number of hydrogen-bond donors (Lipinski definition) is 1. The van der Waals surface area contributed by atoms with Crippen LogP contribution < -0.4 is 9.50 Å². The van der Waals surface area contributed by atoms with E-state index in [9.17, 15) is 8.42 Å². The van der Waals surface area contributed by atoms with E-state index in [-0.39, 0.29) is 10.6 Å². The van der Waals surface area contributed by atoms with Gasteiger partial charge in [-0.1, -0.05) is 67.8 Å². The highest BCUT2D eigenvalue weighted by Crippen LogP contribution is 2.34. The molecule has 2 aromatic heterocycles. The van der Waals surface area contributed by atoms with Crippen molar-refractivity contribution in [1.29, 1.82) is 0 Å².